The Morgan fingerprint density at radius 3 is 2.61 bits per heavy atom. The van der Waals surface area contributed by atoms with Crippen molar-refractivity contribution in [1.29, 1.82) is 0 Å². The fourth-order valence-electron chi connectivity index (χ4n) is 1.16. The normalized spacial score (nSPS) is 11.3. The number of thioether (sulfide) groups is 1. The van der Waals surface area contributed by atoms with Gasteiger partial charge in [-0.3, -0.25) is 0 Å². The molecule has 18 heavy (non-hydrogen) atoms. The van der Waals surface area contributed by atoms with Crippen molar-refractivity contribution in [2.75, 3.05) is 5.75 Å². The van der Waals surface area contributed by atoms with Gasteiger partial charge in [0.15, 0.2) is 4.34 Å². The Balaban J connectivity index is 0.00000162. The molecule has 0 N–H and O–H groups in total. The molecule has 0 spiro atoms. The Morgan fingerprint density at radius 1 is 1.33 bits per heavy atom. The first-order valence-corrected chi connectivity index (χ1v) is 6.63. The van der Waals surface area contributed by atoms with Crippen LogP contribution >= 0.6 is 23.1 Å². The predicted octanol–water partition coefficient (Wildman–Crippen LogP) is 1.34. The molecular formula is C10H8BF3KNS2. The third-order valence-electron chi connectivity index (χ3n) is 2.12. The van der Waals surface area contributed by atoms with Gasteiger partial charge in [-0.05, 0) is 17.9 Å². The molecular weight excluding hydrogens is 305 g/mol. The summed E-state index contributed by atoms with van der Waals surface area (Å²) in [4.78, 5) is 4.25. The Labute approximate surface area is 154 Å². The third-order valence-corrected chi connectivity index (χ3v) is 4.41. The van der Waals surface area contributed by atoms with Gasteiger partial charge in [-0.15, -0.1) is 23.4 Å². The Hall–Kier alpha value is 0.691. The minimum Gasteiger partial charge on any atom is -0.445 e. The zero-order valence-electron chi connectivity index (χ0n) is 9.70. The van der Waals surface area contributed by atoms with Gasteiger partial charge in [0.05, 0.1) is 10.2 Å². The van der Waals surface area contributed by atoms with Gasteiger partial charge in [0.1, 0.15) is 0 Å². The Morgan fingerprint density at radius 2 is 2.00 bits per heavy atom. The standard InChI is InChI=1S/C10H8BF3NS2.K/c1-7(11(12,13)14)6-16-10-15-8-4-2-3-5-9(8)17-10;/h2-5H,1,6H2;/q-1;+1. The van der Waals surface area contributed by atoms with Gasteiger partial charge in [-0.2, -0.15) is 0 Å². The number of aromatic nitrogens is 1. The molecule has 2 rings (SSSR count). The molecule has 90 valence electrons. The average Bonchev–Trinajstić information content (AvgIpc) is 2.66. The van der Waals surface area contributed by atoms with Crippen molar-refractivity contribution in [2.45, 2.75) is 4.34 Å². The predicted molar refractivity (Wildman–Crippen MR) is 68.6 cm³/mol. The summed E-state index contributed by atoms with van der Waals surface area (Å²) in [5, 5.41) is 0. The summed E-state index contributed by atoms with van der Waals surface area (Å²) in [6.07, 6.45) is 0. The molecule has 0 fully saturated rings. The van der Waals surface area contributed by atoms with E-state index in [2.05, 4.69) is 11.6 Å². The second kappa shape index (κ2) is 6.92. The van der Waals surface area contributed by atoms with Crippen molar-refractivity contribution >= 4 is 40.3 Å². The van der Waals surface area contributed by atoms with E-state index in [-0.39, 0.29) is 57.1 Å². The van der Waals surface area contributed by atoms with Crippen LogP contribution in [0.2, 0.25) is 0 Å². The van der Waals surface area contributed by atoms with E-state index in [9.17, 15) is 12.9 Å². The van der Waals surface area contributed by atoms with Crippen molar-refractivity contribution in [1.82, 2.24) is 4.98 Å². The maximum absolute atomic E-state index is 12.3. The molecule has 0 saturated carbocycles. The molecule has 0 aliphatic rings. The van der Waals surface area contributed by atoms with E-state index in [1.165, 1.54) is 11.3 Å². The van der Waals surface area contributed by atoms with Crippen LogP contribution in [0.25, 0.3) is 10.2 Å². The van der Waals surface area contributed by atoms with Gasteiger partial charge in [-0.1, -0.05) is 23.9 Å². The zero-order chi connectivity index (χ0) is 12.5. The van der Waals surface area contributed by atoms with E-state index in [1.54, 1.807) is 0 Å². The van der Waals surface area contributed by atoms with E-state index >= 15 is 0 Å². The summed E-state index contributed by atoms with van der Waals surface area (Å²) >= 11 is 2.48. The summed E-state index contributed by atoms with van der Waals surface area (Å²) in [6, 6.07) is 7.49. The first-order chi connectivity index (χ1) is 7.97. The number of rotatable bonds is 4. The molecule has 0 unspecified atom stereocenters. The van der Waals surface area contributed by atoms with E-state index in [0.717, 1.165) is 22.0 Å². The van der Waals surface area contributed by atoms with E-state index < -0.39 is 12.4 Å². The van der Waals surface area contributed by atoms with Crippen LogP contribution < -0.4 is 51.4 Å². The SMILES string of the molecule is C=C(CSc1nc2ccccc2s1)[B-](F)(F)F.[K+]. The molecule has 1 nitrogen and oxygen atoms in total. The number of benzene rings is 1. The van der Waals surface area contributed by atoms with Crippen molar-refractivity contribution in [3.63, 3.8) is 0 Å². The number of nitrogens with zero attached hydrogens (tertiary/aromatic N) is 1. The maximum Gasteiger partial charge on any atom is 1.00 e. The van der Waals surface area contributed by atoms with Crippen LogP contribution in [-0.2, 0) is 0 Å². The average molecular weight is 313 g/mol. The first kappa shape index (κ1) is 16.7. The molecule has 8 heteroatoms. The van der Waals surface area contributed by atoms with Gasteiger partial charge >= 0.3 is 58.4 Å². The van der Waals surface area contributed by atoms with Crippen LogP contribution in [-0.4, -0.2) is 17.7 Å². The summed E-state index contributed by atoms with van der Waals surface area (Å²) in [7, 11) is 0. The van der Waals surface area contributed by atoms with Crippen molar-refractivity contribution in [3.8, 4) is 0 Å². The quantitative estimate of drug-likeness (QED) is 0.624. The van der Waals surface area contributed by atoms with Crippen molar-refractivity contribution in [3.05, 3.63) is 36.3 Å². The molecule has 0 aliphatic carbocycles. The second-order valence-electron chi connectivity index (χ2n) is 3.47. The molecule has 0 aliphatic heterocycles. The van der Waals surface area contributed by atoms with Crippen LogP contribution in [0.15, 0.2) is 40.7 Å². The summed E-state index contributed by atoms with van der Waals surface area (Å²) in [5.74, 6) is -0.149. The van der Waals surface area contributed by atoms with Crippen LogP contribution in [0.5, 0.6) is 0 Å². The Bertz CT molecular complexity index is 522. The second-order valence-corrected chi connectivity index (χ2v) is 5.72. The monoisotopic (exact) mass is 313 g/mol. The first-order valence-electron chi connectivity index (χ1n) is 4.83. The minimum atomic E-state index is -4.94. The summed E-state index contributed by atoms with van der Waals surface area (Å²) in [5.41, 5.74) is 0.150. The Kier molecular flexibility index (Phi) is 6.44. The van der Waals surface area contributed by atoms with E-state index in [1.807, 2.05) is 24.3 Å². The van der Waals surface area contributed by atoms with E-state index in [0.29, 0.717) is 4.34 Å². The van der Waals surface area contributed by atoms with Gasteiger partial charge < -0.3 is 12.9 Å². The number of thiazole rings is 1. The molecule has 0 bridgehead atoms. The van der Waals surface area contributed by atoms with Crippen LogP contribution in [0.4, 0.5) is 12.9 Å². The molecule has 0 radical (unpaired) electrons. The van der Waals surface area contributed by atoms with Gasteiger partial charge in [0, 0.05) is 0 Å². The zero-order valence-corrected chi connectivity index (χ0v) is 14.5. The van der Waals surface area contributed by atoms with Gasteiger partial charge in [0.2, 0.25) is 0 Å². The van der Waals surface area contributed by atoms with Gasteiger partial charge in [0.25, 0.3) is 0 Å². The van der Waals surface area contributed by atoms with Crippen molar-refractivity contribution in [2.24, 2.45) is 0 Å². The van der Waals surface area contributed by atoms with Crippen LogP contribution in [0.3, 0.4) is 0 Å². The molecule has 2 aromatic rings. The number of halogens is 3. The largest absolute Gasteiger partial charge is 1.00 e. The maximum atomic E-state index is 12.3. The topological polar surface area (TPSA) is 12.9 Å². The summed E-state index contributed by atoms with van der Waals surface area (Å²) < 4.78 is 38.5. The fraction of sp³-hybridized carbons (Fsp3) is 0.100. The number of hydrogen-bond acceptors (Lipinski definition) is 3. The van der Waals surface area contributed by atoms with Crippen LogP contribution in [0.1, 0.15) is 0 Å². The van der Waals surface area contributed by atoms with Crippen molar-refractivity contribution < 1.29 is 64.3 Å². The van der Waals surface area contributed by atoms with E-state index in [4.69, 9.17) is 0 Å². The number of hydrogen-bond donors (Lipinski definition) is 0. The third kappa shape index (κ3) is 4.36. The summed E-state index contributed by atoms with van der Waals surface area (Å²) in [6.45, 7) is -1.88. The van der Waals surface area contributed by atoms with Crippen LogP contribution in [0, 0.1) is 0 Å². The molecule has 1 aromatic carbocycles. The molecule has 1 aromatic heterocycles. The molecule has 0 amide bonds. The smallest absolute Gasteiger partial charge is 0.445 e. The van der Waals surface area contributed by atoms with Gasteiger partial charge in [-0.25, -0.2) is 4.98 Å². The number of fused-ring (bicyclic) bond motifs is 1. The molecule has 0 saturated heterocycles. The molecule has 1 heterocycles. The minimum absolute atomic E-state index is 0. The molecule has 0 atom stereocenters. The number of para-hydroxylation sites is 1. The fourth-order valence-corrected chi connectivity index (χ4v) is 3.20.